The smallest absolute Gasteiger partial charge is 0.232 e. The van der Waals surface area contributed by atoms with Crippen molar-refractivity contribution in [3.8, 4) is 11.5 Å². The highest BCUT2D eigenvalue weighted by molar-refractivity contribution is 5.88. The lowest BCUT2D eigenvalue weighted by Crippen LogP contribution is -2.22. The predicted octanol–water partition coefficient (Wildman–Crippen LogP) is 3.86. The van der Waals surface area contributed by atoms with Crippen LogP contribution in [0.2, 0.25) is 0 Å². The highest BCUT2D eigenvalue weighted by Gasteiger charge is 2.45. The van der Waals surface area contributed by atoms with Gasteiger partial charge < -0.3 is 9.64 Å². The molecule has 1 fully saturated rings. The van der Waals surface area contributed by atoms with E-state index in [9.17, 15) is 4.79 Å². The Morgan fingerprint density at radius 1 is 1.22 bits per heavy atom. The number of rotatable bonds is 0. The molecule has 0 N–H and O–H groups in total. The number of ether oxygens (including phenoxy) is 1. The van der Waals surface area contributed by atoms with Gasteiger partial charge in [-0.2, -0.15) is 0 Å². The van der Waals surface area contributed by atoms with Crippen molar-refractivity contribution in [3.63, 3.8) is 0 Å². The van der Waals surface area contributed by atoms with Crippen molar-refractivity contribution in [2.45, 2.75) is 32.6 Å². The van der Waals surface area contributed by atoms with Gasteiger partial charge in [0.2, 0.25) is 5.91 Å². The molecule has 0 spiro atoms. The first-order chi connectivity index (χ1) is 11.1. The number of aromatic nitrogens is 1. The summed E-state index contributed by atoms with van der Waals surface area (Å²) in [4.78, 5) is 18.8. The molecular formula is C19H22N2O2. The van der Waals surface area contributed by atoms with Gasteiger partial charge in [-0.1, -0.05) is 26.0 Å². The molecular weight excluding hydrogens is 288 g/mol. The number of benzene rings is 1. The van der Waals surface area contributed by atoms with Gasteiger partial charge in [-0.25, -0.2) is 0 Å². The fourth-order valence-electron chi connectivity index (χ4n) is 3.36. The van der Waals surface area contributed by atoms with Crippen molar-refractivity contribution in [2.75, 3.05) is 13.6 Å². The van der Waals surface area contributed by atoms with Crippen molar-refractivity contribution >= 4 is 5.91 Å². The first-order valence-electron chi connectivity index (χ1n) is 8.13. The summed E-state index contributed by atoms with van der Waals surface area (Å²) in [5.41, 5.74) is 3.00. The van der Waals surface area contributed by atoms with Gasteiger partial charge >= 0.3 is 0 Å². The summed E-state index contributed by atoms with van der Waals surface area (Å²) in [6, 6.07) is 9.93. The lowest BCUT2D eigenvalue weighted by molar-refractivity contribution is -0.127. The van der Waals surface area contributed by atoms with Gasteiger partial charge in [0.25, 0.3) is 0 Å². The van der Waals surface area contributed by atoms with E-state index in [0.29, 0.717) is 12.3 Å². The largest absolute Gasteiger partial charge is 0.455 e. The van der Waals surface area contributed by atoms with Crippen LogP contribution < -0.4 is 4.74 Å². The number of hydrogen-bond donors (Lipinski definition) is 0. The zero-order valence-corrected chi connectivity index (χ0v) is 14.0. The van der Waals surface area contributed by atoms with Gasteiger partial charge in [0.1, 0.15) is 11.5 Å². The van der Waals surface area contributed by atoms with Crippen LogP contribution in [0.15, 0.2) is 36.5 Å². The minimum atomic E-state index is -0.241. The van der Waals surface area contributed by atoms with Crippen molar-refractivity contribution in [1.82, 2.24) is 9.88 Å². The molecule has 2 atom stereocenters. The topological polar surface area (TPSA) is 42.4 Å². The second-order valence-corrected chi connectivity index (χ2v) is 5.83. The quantitative estimate of drug-likeness (QED) is 0.742. The van der Waals surface area contributed by atoms with Crippen molar-refractivity contribution in [1.29, 1.82) is 0 Å². The Kier molecular flexibility index (Phi) is 4.07. The van der Waals surface area contributed by atoms with Crippen LogP contribution >= 0.6 is 0 Å². The molecule has 2 aromatic rings. The van der Waals surface area contributed by atoms with Crippen LogP contribution in [0.25, 0.3) is 0 Å². The maximum atomic E-state index is 12.6. The molecule has 23 heavy (non-hydrogen) atoms. The van der Waals surface area contributed by atoms with Crippen molar-refractivity contribution < 1.29 is 9.53 Å². The lowest BCUT2D eigenvalue weighted by Gasteiger charge is -2.15. The number of likely N-dealkylation sites (N-methyl/N-ethyl adjacent to an activating group) is 1. The fraction of sp³-hybridized carbons (Fsp3) is 0.368. The third-order valence-electron chi connectivity index (χ3n) is 4.40. The van der Waals surface area contributed by atoms with Crippen LogP contribution in [0, 0.1) is 6.92 Å². The first kappa shape index (κ1) is 15.5. The summed E-state index contributed by atoms with van der Waals surface area (Å²) in [5, 5.41) is 0. The predicted molar refractivity (Wildman–Crippen MR) is 90.0 cm³/mol. The number of hydrogen-bond acceptors (Lipinski definition) is 3. The molecule has 1 saturated heterocycles. The molecule has 4 nitrogen and oxygen atoms in total. The Morgan fingerprint density at radius 2 is 2.00 bits per heavy atom. The number of nitrogens with zero attached hydrogens (tertiary/aromatic N) is 2. The summed E-state index contributed by atoms with van der Waals surface area (Å²) < 4.78 is 6.07. The van der Waals surface area contributed by atoms with Gasteiger partial charge in [-0.15, -0.1) is 0 Å². The van der Waals surface area contributed by atoms with Crippen molar-refractivity contribution in [3.05, 3.63) is 53.3 Å². The van der Waals surface area contributed by atoms with Crippen LogP contribution in [0.5, 0.6) is 11.5 Å². The van der Waals surface area contributed by atoms with Gasteiger partial charge in [0, 0.05) is 31.3 Å². The zero-order valence-electron chi connectivity index (χ0n) is 14.0. The van der Waals surface area contributed by atoms with Crippen LogP contribution in [-0.2, 0) is 4.79 Å². The Morgan fingerprint density at radius 3 is 2.78 bits per heavy atom. The molecule has 1 aromatic heterocycles. The second kappa shape index (κ2) is 6.03. The van der Waals surface area contributed by atoms with Gasteiger partial charge in [0.15, 0.2) is 0 Å². The van der Waals surface area contributed by atoms with E-state index >= 15 is 0 Å². The van der Waals surface area contributed by atoms with Crippen LogP contribution in [-0.4, -0.2) is 29.4 Å². The Hall–Kier alpha value is -2.36. The Labute approximate surface area is 137 Å². The Bertz CT molecular complexity index is 742. The van der Waals surface area contributed by atoms with E-state index in [1.54, 1.807) is 11.1 Å². The van der Waals surface area contributed by atoms with Crippen LogP contribution in [0.4, 0.5) is 0 Å². The summed E-state index contributed by atoms with van der Waals surface area (Å²) in [6.45, 7) is 6.75. The number of carbonyl (C=O) groups is 1. The molecule has 2 aliphatic rings. The number of likely N-dealkylation sites (tertiary alicyclic amines) is 1. The van der Waals surface area contributed by atoms with E-state index in [-0.39, 0.29) is 17.7 Å². The molecule has 0 aliphatic carbocycles. The number of carbonyl (C=O) groups excluding carboxylic acids is 1. The molecule has 4 heteroatoms. The standard InChI is InChI=1S/C17H16N2O2.C2H6/c1-10-5-6-11-12-9-19(2)17(20)15(12)16-13(4-3-7-18-16)21-14(11)8-10;1-2/h3-8,12,15H,9H2,1-2H3;1-2H3. The SMILES string of the molecule is CC.Cc1ccc2c(c1)Oc1cccnc1C1C(=O)N(C)CC21. The van der Waals surface area contributed by atoms with E-state index in [4.69, 9.17) is 4.74 Å². The average molecular weight is 310 g/mol. The monoisotopic (exact) mass is 310 g/mol. The second-order valence-electron chi connectivity index (χ2n) is 5.83. The molecule has 2 aliphatic heterocycles. The lowest BCUT2D eigenvalue weighted by atomic mass is 9.86. The third-order valence-corrected chi connectivity index (χ3v) is 4.40. The van der Waals surface area contributed by atoms with Crippen LogP contribution in [0.1, 0.15) is 42.5 Å². The molecule has 1 aromatic carbocycles. The summed E-state index contributed by atoms with van der Waals surface area (Å²) >= 11 is 0. The molecule has 1 amide bonds. The van der Waals surface area contributed by atoms with Gasteiger partial charge in [-0.05, 0) is 30.7 Å². The molecule has 3 heterocycles. The number of fused-ring (bicyclic) bond motifs is 5. The maximum Gasteiger partial charge on any atom is 0.232 e. The summed E-state index contributed by atoms with van der Waals surface area (Å²) in [5.74, 6) is 1.53. The normalized spacial score (nSPS) is 21.2. The minimum absolute atomic E-state index is 0.106. The zero-order chi connectivity index (χ0) is 16.6. The van der Waals surface area contributed by atoms with E-state index in [0.717, 1.165) is 22.6 Å². The number of pyridine rings is 1. The summed E-state index contributed by atoms with van der Waals surface area (Å²) in [6.07, 6.45) is 1.73. The third kappa shape index (κ3) is 2.48. The molecule has 120 valence electrons. The Balaban J connectivity index is 0.000000753. The average Bonchev–Trinajstić information content (AvgIpc) is 2.78. The highest BCUT2D eigenvalue weighted by Crippen LogP contribution is 2.49. The van der Waals surface area contributed by atoms with Crippen molar-refractivity contribution in [2.24, 2.45) is 0 Å². The molecule has 4 rings (SSSR count). The highest BCUT2D eigenvalue weighted by atomic mass is 16.5. The van der Waals surface area contributed by atoms with E-state index in [2.05, 4.69) is 17.1 Å². The van der Waals surface area contributed by atoms with Gasteiger partial charge in [-0.3, -0.25) is 9.78 Å². The minimum Gasteiger partial charge on any atom is -0.455 e. The summed E-state index contributed by atoms with van der Waals surface area (Å²) in [7, 11) is 1.86. The number of aryl methyl sites for hydroxylation is 1. The van der Waals surface area contributed by atoms with Gasteiger partial charge in [0.05, 0.1) is 11.6 Å². The van der Waals surface area contributed by atoms with E-state index < -0.39 is 0 Å². The van der Waals surface area contributed by atoms with Crippen LogP contribution in [0.3, 0.4) is 0 Å². The molecule has 2 unspecified atom stereocenters. The number of amides is 1. The molecule has 0 saturated carbocycles. The first-order valence-corrected chi connectivity index (χ1v) is 8.13. The fourth-order valence-corrected chi connectivity index (χ4v) is 3.36. The van der Waals surface area contributed by atoms with E-state index in [1.807, 2.05) is 46.0 Å². The van der Waals surface area contributed by atoms with E-state index in [1.165, 1.54) is 0 Å². The molecule has 0 radical (unpaired) electrons. The maximum absolute atomic E-state index is 12.6. The molecule has 0 bridgehead atoms.